The highest BCUT2D eigenvalue weighted by Crippen LogP contribution is 2.31. The van der Waals surface area contributed by atoms with Crippen molar-refractivity contribution in [1.29, 1.82) is 0 Å². The van der Waals surface area contributed by atoms with E-state index >= 15 is 0 Å². The third-order valence-corrected chi connectivity index (χ3v) is 3.00. The summed E-state index contributed by atoms with van der Waals surface area (Å²) in [6.45, 7) is 2.59. The van der Waals surface area contributed by atoms with Gasteiger partial charge in [-0.2, -0.15) is 0 Å². The number of likely N-dealkylation sites (tertiary alicyclic amines) is 1. The first-order valence-corrected chi connectivity index (χ1v) is 5.15. The summed E-state index contributed by atoms with van der Waals surface area (Å²) in [6, 6.07) is 9.55. The van der Waals surface area contributed by atoms with Crippen LogP contribution in [-0.2, 0) is 10.4 Å². The summed E-state index contributed by atoms with van der Waals surface area (Å²) in [6.07, 6.45) is 0.622. The van der Waals surface area contributed by atoms with Gasteiger partial charge in [0.2, 0.25) is 5.91 Å². The van der Waals surface area contributed by atoms with Crippen molar-refractivity contribution in [3.63, 3.8) is 0 Å². The topological polar surface area (TPSA) is 40.5 Å². The van der Waals surface area contributed by atoms with Crippen LogP contribution in [-0.4, -0.2) is 29.0 Å². The monoisotopic (exact) mass is 205 g/mol. The van der Waals surface area contributed by atoms with Gasteiger partial charge in [-0.25, -0.2) is 0 Å². The van der Waals surface area contributed by atoms with Crippen LogP contribution < -0.4 is 0 Å². The summed E-state index contributed by atoms with van der Waals surface area (Å²) >= 11 is 0. The highest BCUT2D eigenvalue weighted by Gasteiger charge is 2.38. The zero-order chi connectivity index (χ0) is 10.9. The summed E-state index contributed by atoms with van der Waals surface area (Å²) in [4.78, 5) is 12.9. The molecule has 1 aliphatic rings. The molecule has 1 amide bonds. The fraction of sp³-hybridized carbons (Fsp3) is 0.417. The van der Waals surface area contributed by atoms with Gasteiger partial charge in [0.05, 0.1) is 6.54 Å². The molecule has 0 aromatic heterocycles. The Morgan fingerprint density at radius 2 is 2.07 bits per heavy atom. The van der Waals surface area contributed by atoms with Crippen LogP contribution in [0.4, 0.5) is 0 Å². The van der Waals surface area contributed by atoms with Crippen LogP contribution in [0.1, 0.15) is 18.9 Å². The van der Waals surface area contributed by atoms with Crippen LogP contribution in [0.5, 0.6) is 0 Å². The van der Waals surface area contributed by atoms with Crippen molar-refractivity contribution in [3.8, 4) is 0 Å². The van der Waals surface area contributed by atoms with Crippen LogP contribution in [0.25, 0.3) is 0 Å². The zero-order valence-electron chi connectivity index (χ0n) is 8.81. The molecule has 0 bridgehead atoms. The quantitative estimate of drug-likeness (QED) is 0.746. The molecule has 0 spiro atoms. The molecule has 1 aromatic rings. The number of carbonyl (C=O) groups is 1. The molecule has 1 atom stereocenters. The number of hydrogen-bond acceptors (Lipinski definition) is 2. The third kappa shape index (κ3) is 1.88. The number of hydrogen-bond donors (Lipinski definition) is 1. The maximum absolute atomic E-state index is 11.2. The van der Waals surface area contributed by atoms with Gasteiger partial charge in [-0.1, -0.05) is 30.3 Å². The molecule has 3 nitrogen and oxygen atoms in total. The molecule has 1 unspecified atom stereocenters. The summed E-state index contributed by atoms with van der Waals surface area (Å²) in [5.74, 6) is 0.0295. The molecule has 80 valence electrons. The Kier molecular flexibility index (Phi) is 2.49. The van der Waals surface area contributed by atoms with E-state index < -0.39 is 5.60 Å². The van der Waals surface area contributed by atoms with Gasteiger partial charge >= 0.3 is 0 Å². The van der Waals surface area contributed by atoms with Crippen LogP contribution in [0.3, 0.4) is 0 Å². The van der Waals surface area contributed by atoms with E-state index in [1.54, 1.807) is 4.90 Å². The van der Waals surface area contributed by atoms with Crippen molar-refractivity contribution in [2.45, 2.75) is 18.9 Å². The molecule has 1 saturated heterocycles. The van der Waals surface area contributed by atoms with Crippen LogP contribution in [0, 0.1) is 0 Å². The van der Waals surface area contributed by atoms with Crippen LogP contribution in [0.2, 0.25) is 0 Å². The average Bonchev–Trinajstić information content (AvgIpc) is 2.64. The molecule has 15 heavy (non-hydrogen) atoms. The number of nitrogens with zero attached hydrogens (tertiary/aromatic N) is 1. The lowest BCUT2D eigenvalue weighted by molar-refractivity contribution is -0.128. The van der Waals surface area contributed by atoms with Crippen molar-refractivity contribution in [2.75, 3.05) is 13.1 Å². The Morgan fingerprint density at radius 1 is 1.40 bits per heavy atom. The van der Waals surface area contributed by atoms with Gasteiger partial charge in [-0.3, -0.25) is 4.79 Å². The highest BCUT2D eigenvalue weighted by atomic mass is 16.3. The second-order valence-corrected chi connectivity index (χ2v) is 4.09. The summed E-state index contributed by atoms with van der Waals surface area (Å²) in [7, 11) is 0. The molecule has 0 radical (unpaired) electrons. The second-order valence-electron chi connectivity index (χ2n) is 4.09. The van der Waals surface area contributed by atoms with E-state index in [1.165, 1.54) is 6.92 Å². The molecule has 1 aromatic carbocycles. The van der Waals surface area contributed by atoms with Crippen molar-refractivity contribution in [3.05, 3.63) is 35.9 Å². The predicted octanol–water partition coefficient (Wildman–Crippen LogP) is 1.13. The smallest absolute Gasteiger partial charge is 0.219 e. The molecular weight excluding hydrogens is 190 g/mol. The van der Waals surface area contributed by atoms with Crippen molar-refractivity contribution in [1.82, 2.24) is 4.90 Å². The minimum absolute atomic E-state index is 0.0295. The zero-order valence-corrected chi connectivity index (χ0v) is 8.81. The van der Waals surface area contributed by atoms with Crippen LogP contribution in [0.15, 0.2) is 30.3 Å². The minimum Gasteiger partial charge on any atom is -0.383 e. The SMILES string of the molecule is CC(=O)N1CCC(O)(c2ccccc2)C1. The fourth-order valence-electron chi connectivity index (χ4n) is 2.05. The van der Waals surface area contributed by atoms with Gasteiger partial charge in [-0.05, 0) is 12.0 Å². The van der Waals surface area contributed by atoms with Crippen molar-refractivity contribution >= 4 is 5.91 Å². The van der Waals surface area contributed by atoms with E-state index in [-0.39, 0.29) is 5.91 Å². The molecule has 0 aliphatic carbocycles. The van der Waals surface area contributed by atoms with E-state index in [2.05, 4.69) is 0 Å². The minimum atomic E-state index is -0.854. The Hall–Kier alpha value is -1.35. The number of rotatable bonds is 1. The lowest BCUT2D eigenvalue weighted by atomic mass is 9.93. The number of benzene rings is 1. The Morgan fingerprint density at radius 3 is 2.60 bits per heavy atom. The molecule has 2 rings (SSSR count). The summed E-state index contributed by atoms with van der Waals surface area (Å²) < 4.78 is 0. The van der Waals surface area contributed by atoms with Gasteiger partial charge in [0.1, 0.15) is 5.60 Å². The standard InChI is InChI=1S/C12H15NO2/c1-10(14)13-8-7-12(15,9-13)11-5-3-2-4-6-11/h2-6,15H,7-9H2,1H3. The first kappa shape index (κ1) is 10.2. The average molecular weight is 205 g/mol. The molecule has 1 fully saturated rings. The number of aliphatic hydroxyl groups is 1. The van der Waals surface area contributed by atoms with Gasteiger partial charge in [-0.15, -0.1) is 0 Å². The maximum atomic E-state index is 11.2. The number of carbonyl (C=O) groups excluding carboxylic acids is 1. The van der Waals surface area contributed by atoms with Gasteiger partial charge in [0.25, 0.3) is 0 Å². The summed E-state index contributed by atoms with van der Waals surface area (Å²) in [5.41, 5.74) is 0.0428. The summed E-state index contributed by atoms with van der Waals surface area (Å²) in [5, 5.41) is 10.4. The van der Waals surface area contributed by atoms with E-state index in [1.807, 2.05) is 30.3 Å². The van der Waals surface area contributed by atoms with Gasteiger partial charge < -0.3 is 10.0 Å². The molecule has 1 aliphatic heterocycles. The molecule has 1 N–H and O–H groups in total. The van der Waals surface area contributed by atoms with Crippen molar-refractivity contribution in [2.24, 2.45) is 0 Å². The lowest BCUT2D eigenvalue weighted by Gasteiger charge is -2.23. The maximum Gasteiger partial charge on any atom is 0.219 e. The molecule has 1 heterocycles. The Bertz CT molecular complexity index is 363. The predicted molar refractivity (Wildman–Crippen MR) is 57.2 cm³/mol. The first-order chi connectivity index (χ1) is 7.12. The normalized spacial score (nSPS) is 25.6. The number of β-amino-alcohol motifs (C(OH)–C–C–N with tert-alkyl or cyclic N) is 1. The fourth-order valence-corrected chi connectivity index (χ4v) is 2.05. The number of amides is 1. The first-order valence-electron chi connectivity index (χ1n) is 5.15. The van der Waals surface area contributed by atoms with E-state index in [0.29, 0.717) is 19.5 Å². The van der Waals surface area contributed by atoms with Gasteiger partial charge in [0.15, 0.2) is 0 Å². The van der Waals surface area contributed by atoms with E-state index in [9.17, 15) is 9.90 Å². The third-order valence-electron chi connectivity index (χ3n) is 3.00. The lowest BCUT2D eigenvalue weighted by Crippen LogP contribution is -2.33. The van der Waals surface area contributed by atoms with Gasteiger partial charge in [0, 0.05) is 13.5 Å². The Balaban J connectivity index is 2.20. The molecular formula is C12H15NO2. The van der Waals surface area contributed by atoms with E-state index in [4.69, 9.17) is 0 Å². The van der Waals surface area contributed by atoms with Crippen molar-refractivity contribution < 1.29 is 9.90 Å². The largest absolute Gasteiger partial charge is 0.383 e. The van der Waals surface area contributed by atoms with E-state index in [0.717, 1.165) is 5.56 Å². The molecule has 3 heteroatoms. The highest BCUT2D eigenvalue weighted by molar-refractivity contribution is 5.73. The molecule has 0 saturated carbocycles. The second kappa shape index (κ2) is 3.66. The van der Waals surface area contributed by atoms with Crippen LogP contribution >= 0.6 is 0 Å². The Labute approximate surface area is 89.3 Å².